The molecule has 0 aromatic rings. The highest BCUT2D eigenvalue weighted by molar-refractivity contribution is 5.91. The topological polar surface area (TPSA) is 167 Å². The van der Waals surface area contributed by atoms with Gasteiger partial charge in [-0.25, -0.2) is 4.79 Å². The second-order valence-corrected chi connectivity index (χ2v) is 23.1. The summed E-state index contributed by atoms with van der Waals surface area (Å²) >= 11 is 0. The van der Waals surface area contributed by atoms with Crippen LogP contribution < -0.4 is 22.1 Å². The number of alkyl carbamates (subject to hydrolysis) is 1. The van der Waals surface area contributed by atoms with E-state index in [0.29, 0.717) is 50.9 Å². The fourth-order valence-electron chi connectivity index (χ4n) is 13.6. The van der Waals surface area contributed by atoms with Gasteiger partial charge in [0.1, 0.15) is 12.1 Å². The standard InChI is InChI=1S/C53H96N8O5/c1-37(2)16-12-17-38(3)43-22-23-44-42-21-20-39-34-41(24-26-52(39,4)45(42)25-27-53(43,44)5)66-51(65)56-29-13-19-48(62)57-40-35-47(61(36-40)49(63)46(55)18-10-11-28-54)50(64)60(32-14-30-58(6)7)33-15-31-59(8)9/h20,37-38,40-47H,10-19,21-36,54-55H2,1-9H3,(H,56,65)(H,57,62)/t38-,40+,41?,42?,43-,44?,45?,46-,47+,52+,53-/m1/s1. The summed E-state index contributed by atoms with van der Waals surface area (Å²) in [6, 6.07) is -1.81. The van der Waals surface area contributed by atoms with Crippen LogP contribution in [0.5, 0.6) is 0 Å². The monoisotopic (exact) mass is 925 g/mol. The van der Waals surface area contributed by atoms with Crippen LogP contribution in [0.15, 0.2) is 11.6 Å². The maximum Gasteiger partial charge on any atom is 0.407 e. The lowest BCUT2D eigenvalue weighted by molar-refractivity contribution is -0.144. The molecule has 13 heteroatoms. The van der Waals surface area contributed by atoms with Crippen LogP contribution in [0.1, 0.15) is 157 Å². The van der Waals surface area contributed by atoms with Crippen LogP contribution in [-0.2, 0) is 19.1 Å². The normalized spacial score (nSPS) is 30.4. The minimum absolute atomic E-state index is 0.0855. The van der Waals surface area contributed by atoms with E-state index < -0.39 is 18.2 Å². The van der Waals surface area contributed by atoms with Crippen molar-refractivity contribution in [3.63, 3.8) is 0 Å². The summed E-state index contributed by atoms with van der Waals surface area (Å²) in [6.45, 7) is 16.4. The molecule has 4 amide bonds. The molecule has 4 aliphatic carbocycles. The molecule has 5 aliphatic rings. The van der Waals surface area contributed by atoms with E-state index in [1.54, 1.807) is 4.90 Å². The molecule has 1 aliphatic heterocycles. The fraction of sp³-hybridized carbons (Fsp3) is 0.887. The largest absolute Gasteiger partial charge is 0.446 e. The molecule has 13 nitrogen and oxygen atoms in total. The van der Waals surface area contributed by atoms with Gasteiger partial charge >= 0.3 is 6.09 Å². The van der Waals surface area contributed by atoms with Crippen molar-refractivity contribution in [2.45, 2.75) is 181 Å². The first-order chi connectivity index (χ1) is 31.4. The average Bonchev–Trinajstić information content (AvgIpc) is 3.84. The Balaban J connectivity index is 1.08. The van der Waals surface area contributed by atoms with Gasteiger partial charge in [0.2, 0.25) is 17.7 Å². The van der Waals surface area contributed by atoms with Crippen molar-refractivity contribution in [3.8, 4) is 0 Å². The number of ether oxygens (including phenoxy) is 1. The SMILES string of the molecule is CC(C)CCC[C@@H](C)[C@H]1CCC2C3CC=C4CC(OC(=O)NCCCC(=O)N[C@H]5C[C@@H](C(=O)N(CCCN(C)C)CCCN(C)C)N(C(=O)[C@H](N)CCCCN)C5)CC[C@]4(C)C3CC[C@@]21C. The Kier molecular flexibility index (Phi) is 20.7. The number of hydrogen-bond donors (Lipinski definition) is 4. The summed E-state index contributed by atoms with van der Waals surface area (Å²) in [6.07, 6.45) is 20.2. The number of carbonyl (C=O) groups is 4. The molecule has 3 saturated carbocycles. The molecular formula is C53H96N8O5. The molecule has 4 unspecified atom stereocenters. The molecule has 0 aromatic heterocycles. The number of unbranched alkanes of at least 4 members (excludes halogenated alkanes) is 1. The van der Waals surface area contributed by atoms with Crippen molar-refractivity contribution in [3.05, 3.63) is 11.6 Å². The van der Waals surface area contributed by atoms with Gasteiger partial charge < -0.3 is 46.4 Å². The van der Waals surface area contributed by atoms with E-state index in [1.807, 2.05) is 33.1 Å². The van der Waals surface area contributed by atoms with E-state index in [1.165, 1.54) is 56.9 Å². The molecule has 0 bridgehead atoms. The first kappa shape index (κ1) is 54.2. The Bertz CT molecular complexity index is 1590. The summed E-state index contributed by atoms with van der Waals surface area (Å²) in [4.78, 5) is 62.2. The maximum absolute atomic E-state index is 14.3. The van der Waals surface area contributed by atoms with Crippen molar-refractivity contribution in [2.75, 3.05) is 74.0 Å². The van der Waals surface area contributed by atoms with Gasteiger partial charge in [0.15, 0.2) is 0 Å². The highest BCUT2D eigenvalue weighted by atomic mass is 16.6. The second-order valence-electron chi connectivity index (χ2n) is 23.1. The Hall–Kier alpha value is -2.74. The number of hydrogen-bond acceptors (Lipinski definition) is 9. The third-order valence-electron chi connectivity index (χ3n) is 17.3. The molecule has 11 atom stereocenters. The smallest absolute Gasteiger partial charge is 0.407 e. The molecule has 1 saturated heterocycles. The van der Waals surface area contributed by atoms with Crippen molar-refractivity contribution >= 4 is 23.8 Å². The lowest BCUT2D eigenvalue weighted by Gasteiger charge is -2.58. The number of nitrogens with two attached hydrogens (primary N) is 2. The summed E-state index contributed by atoms with van der Waals surface area (Å²) in [5, 5.41) is 6.02. The van der Waals surface area contributed by atoms with Gasteiger partial charge in [0, 0.05) is 45.1 Å². The first-order valence-corrected chi connectivity index (χ1v) is 26.7. The van der Waals surface area contributed by atoms with Crippen LogP contribution in [0, 0.1) is 46.3 Å². The number of carbonyl (C=O) groups excluding carboxylic acids is 4. The lowest BCUT2D eigenvalue weighted by Crippen LogP contribution is -2.52. The third-order valence-corrected chi connectivity index (χ3v) is 17.3. The summed E-state index contributed by atoms with van der Waals surface area (Å²) in [5.74, 6) is 4.27. The van der Waals surface area contributed by atoms with E-state index in [9.17, 15) is 19.2 Å². The zero-order valence-electron chi connectivity index (χ0n) is 43.2. The molecule has 378 valence electrons. The van der Waals surface area contributed by atoms with Gasteiger partial charge in [-0.2, -0.15) is 0 Å². The van der Waals surface area contributed by atoms with E-state index in [-0.39, 0.29) is 48.2 Å². The molecule has 66 heavy (non-hydrogen) atoms. The molecule has 1 heterocycles. The van der Waals surface area contributed by atoms with Gasteiger partial charge in [0.25, 0.3) is 0 Å². The second kappa shape index (κ2) is 25.2. The predicted molar refractivity (Wildman–Crippen MR) is 266 cm³/mol. The number of rotatable bonds is 25. The molecule has 0 aromatic carbocycles. The molecule has 4 fully saturated rings. The summed E-state index contributed by atoms with van der Waals surface area (Å²) in [5.41, 5.74) is 14.3. The minimum Gasteiger partial charge on any atom is -0.446 e. The van der Waals surface area contributed by atoms with E-state index in [4.69, 9.17) is 16.2 Å². The summed E-state index contributed by atoms with van der Waals surface area (Å²) in [7, 11) is 8.08. The Morgan fingerprint density at radius 1 is 0.848 bits per heavy atom. The zero-order valence-corrected chi connectivity index (χ0v) is 43.2. The van der Waals surface area contributed by atoms with Crippen LogP contribution in [0.2, 0.25) is 0 Å². The fourth-order valence-corrected chi connectivity index (χ4v) is 13.6. The average molecular weight is 925 g/mol. The number of nitrogens with zero attached hydrogens (tertiary/aromatic N) is 4. The Morgan fingerprint density at radius 3 is 2.23 bits per heavy atom. The Morgan fingerprint density at radius 2 is 1.56 bits per heavy atom. The van der Waals surface area contributed by atoms with Gasteiger partial charge in [-0.05, 0) is 178 Å². The molecule has 0 spiro atoms. The molecule has 0 radical (unpaired) electrons. The van der Waals surface area contributed by atoms with Crippen LogP contribution in [0.3, 0.4) is 0 Å². The van der Waals surface area contributed by atoms with E-state index >= 15 is 0 Å². The van der Waals surface area contributed by atoms with E-state index in [2.05, 4.69) is 61.1 Å². The Labute approximate surface area is 401 Å². The predicted octanol–water partition coefficient (Wildman–Crippen LogP) is 7.18. The van der Waals surface area contributed by atoms with Crippen molar-refractivity contribution < 1.29 is 23.9 Å². The highest BCUT2D eigenvalue weighted by Gasteiger charge is 2.59. The minimum atomic E-state index is -0.736. The summed E-state index contributed by atoms with van der Waals surface area (Å²) < 4.78 is 6.03. The highest BCUT2D eigenvalue weighted by Crippen LogP contribution is 2.67. The van der Waals surface area contributed by atoms with Gasteiger partial charge in [-0.15, -0.1) is 0 Å². The van der Waals surface area contributed by atoms with Crippen LogP contribution in [-0.4, -0.2) is 142 Å². The number of amides is 4. The van der Waals surface area contributed by atoms with Crippen LogP contribution in [0.4, 0.5) is 4.79 Å². The van der Waals surface area contributed by atoms with Crippen LogP contribution in [0.25, 0.3) is 0 Å². The van der Waals surface area contributed by atoms with E-state index in [0.717, 1.165) is 93.5 Å². The first-order valence-electron chi connectivity index (χ1n) is 26.7. The maximum atomic E-state index is 14.3. The van der Waals surface area contributed by atoms with Crippen molar-refractivity contribution in [2.24, 2.45) is 57.8 Å². The van der Waals surface area contributed by atoms with Gasteiger partial charge in [-0.1, -0.05) is 72.0 Å². The van der Waals surface area contributed by atoms with Gasteiger partial charge in [0.05, 0.1) is 6.04 Å². The number of fused-ring (bicyclic) bond motifs is 5. The van der Waals surface area contributed by atoms with Crippen molar-refractivity contribution in [1.82, 2.24) is 30.2 Å². The zero-order chi connectivity index (χ0) is 48.2. The quantitative estimate of drug-likeness (QED) is 0.0549. The number of nitrogens with one attached hydrogen (secondary N) is 2. The molecule has 5 rings (SSSR count). The number of allylic oxidation sites excluding steroid dienone is 1. The molecule has 6 N–H and O–H groups in total. The van der Waals surface area contributed by atoms with Gasteiger partial charge in [-0.3, -0.25) is 14.4 Å². The van der Waals surface area contributed by atoms with Crippen LogP contribution >= 0.6 is 0 Å². The number of likely N-dealkylation sites (tertiary alicyclic amines) is 1. The third kappa shape index (κ3) is 14.2. The molecular weight excluding hydrogens is 829 g/mol. The van der Waals surface area contributed by atoms with Crippen molar-refractivity contribution in [1.29, 1.82) is 0 Å². The lowest BCUT2D eigenvalue weighted by atomic mass is 9.47.